The van der Waals surface area contributed by atoms with Gasteiger partial charge in [0.25, 0.3) is 10.0 Å². The number of hydrazine groups is 1. The van der Waals surface area contributed by atoms with Gasteiger partial charge in [0.15, 0.2) is 0 Å². The highest BCUT2D eigenvalue weighted by Crippen LogP contribution is 2.42. The largest absolute Gasteiger partial charge is 0.506 e. The highest BCUT2D eigenvalue weighted by molar-refractivity contribution is 8.03. The monoisotopic (exact) mass is 482 g/mol. The number of rotatable bonds is 7. The van der Waals surface area contributed by atoms with Crippen LogP contribution in [0.3, 0.4) is 0 Å². The molecule has 0 radical (unpaired) electrons. The molecule has 0 fully saturated rings. The van der Waals surface area contributed by atoms with Crippen molar-refractivity contribution in [2.45, 2.75) is 16.0 Å². The fraction of sp³-hybridized carbons (Fsp3) is 0.0500. The first kappa shape index (κ1) is 23.4. The number of nitrogens with zero attached hydrogens (tertiary/aromatic N) is 1. The molecule has 12 heteroatoms. The minimum absolute atomic E-state index is 0.0621. The van der Waals surface area contributed by atoms with E-state index in [2.05, 4.69) is 21.7 Å². The number of halogens is 3. The molecule has 32 heavy (non-hydrogen) atoms. The van der Waals surface area contributed by atoms with Crippen molar-refractivity contribution in [2.24, 2.45) is 10.8 Å². The lowest BCUT2D eigenvalue weighted by molar-refractivity contribution is -0.137. The summed E-state index contributed by atoms with van der Waals surface area (Å²) in [5.74, 6) is 4.98. The van der Waals surface area contributed by atoms with Crippen LogP contribution >= 0.6 is 11.8 Å². The zero-order valence-electron chi connectivity index (χ0n) is 16.2. The Kier molecular flexibility index (Phi) is 6.67. The van der Waals surface area contributed by atoms with Crippen LogP contribution < -0.4 is 16.0 Å². The number of aromatic hydroxyl groups is 1. The third kappa shape index (κ3) is 5.15. The number of nitrogens with one attached hydrogen (secondary N) is 2. The number of nitrogens with two attached hydrogens (primary N) is 1. The minimum Gasteiger partial charge on any atom is -0.506 e. The van der Waals surface area contributed by atoms with E-state index >= 15 is 0 Å². The third-order valence-corrected chi connectivity index (χ3v) is 6.44. The molecule has 3 aromatic carbocycles. The number of sulfonamides is 1. The van der Waals surface area contributed by atoms with Crippen LogP contribution in [0.5, 0.6) is 5.75 Å². The van der Waals surface area contributed by atoms with Gasteiger partial charge in [0.1, 0.15) is 12.1 Å². The number of fused-ring (bicyclic) bond motifs is 1. The summed E-state index contributed by atoms with van der Waals surface area (Å²) < 4.78 is 67.1. The standard InChI is InChI=1S/C20H17F3N4O3S2/c1-12(25-11-26-24)31-18-10-17(15-7-2-3-8-16(15)19(18)28)27-32(29,30)14-6-4-5-13(9-14)20(21,22)23/h2-11,27-28H,1,24H2,(H,25,26). The molecule has 168 valence electrons. The first-order valence-electron chi connectivity index (χ1n) is 8.83. The van der Waals surface area contributed by atoms with Crippen molar-refractivity contribution in [3.63, 3.8) is 0 Å². The van der Waals surface area contributed by atoms with E-state index in [1.165, 1.54) is 12.4 Å². The molecule has 0 amide bonds. The summed E-state index contributed by atoms with van der Waals surface area (Å²) in [6.07, 6.45) is -3.52. The van der Waals surface area contributed by atoms with Crippen LogP contribution in [0.4, 0.5) is 18.9 Å². The van der Waals surface area contributed by atoms with Gasteiger partial charge in [-0.05, 0) is 24.3 Å². The molecule has 3 aromatic rings. The van der Waals surface area contributed by atoms with Crippen LogP contribution in [0.2, 0.25) is 0 Å². The summed E-state index contributed by atoms with van der Waals surface area (Å²) in [4.78, 5) is 3.57. The smallest absolute Gasteiger partial charge is 0.416 e. The minimum atomic E-state index is -4.69. The second-order valence-electron chi connectivity index (χ2n) is 6.37. The average Bonchev–Trinajstić information content (AvgIpc) is 2.75. The maximum absolute atomic E-state index is 13.0. The number of phenolic OH excluding ortho intramolecular Hbond substituents is 1. The second kappa shape index (κ2) is 9.10. The maximum atomic E-state index is 13.0. The fourth-order valence-electron chi connectivity index (χ4n) is 2.80. The van der Waals surface area contributed by atoms with E-state index in [1.807, 2.05) is 0 Å². The van der Waals surface area contributed by atoms with Crippen molar-refractivity contribution in [3.05, 3.63) is 71.8 Å². The zero-order chi connectivity index (χ0) is 23.5. The van der Waals surface area contributed by atoms with E-state index in [0.717, 1.165) is 30.0 Å². The third-order valence-electron chi connectivity index (χ3n) is 4.21. The molecule has 0 unspecified atom stereocenters. The number of aliphatic imine (C=N–C) groups is 1. The van der Waals surface area contributed by atoms with Crippen LogP contribution in [0, 0.1) is 0 Å². The van der Waals surface area contributed by atoms with E-state index in [4.69, 9.17) is 5.84 Å². The van der Waals surface area contributed by atoms with Gasteiger partial charge in [-0.15, -0.1) is 0 Å². The summed E-state index contributed by atoms with van der Waals surface area (Å²) in [7, 11) is -4.38. The van der Waals surface area contributed by atoms with E-state index in [9.17, 15) is 26.7 Å². The Labute approximate surface area is 185 Å². The Bertz CT molecular complexity index is 1310. The lowest BCUT2D eigenvalue weighted by Gasteiger charge is -2.15. The Morgan fingerprint density at radius 3 is 2.47 bits per heavy atom. The lowest BCUT2D eigenvalue weighted by atomic mass is 10.1. The molecule has 0 atom stereocenters. The average molecular weight is 483 g/mol. The highest BCUT2D eigenvalue weighted by Gasteiger charge is 2.31. The molecule has 0 aliphatic heterocycles. The van der Waals surface area contributed by atoms with Crippen molar-refractivity contribution in [1.29, 1.82) is 0 Å². The van der Waals surface area contributed by atoms with Crippen LogP contribution in [0.25, 0.3) is 10.8 Å². The molecule has 7 nitrogen and oxygen atoms in total. The highest BCUT2D eigenvalue weighted by atomic mass is 32.2. The van der Waals surface area contributed by atoms with E-state index in [-0.39, 0.29) is 21.4 Å². The molecule has 0 spiro atoms. The molecule has 3 rings (SSSR count). The quantitative estimate of drug-likeness (QED) is 0.0989. The van der Waals surface area contributed by atoms with Crippen molar-refractivity contribution in [3.8, 4) is 5.75 Å². The second-order valence-corrected chi connectivity index (χ2v) is 9.17. The topological polar surface area (TPSA) is 117 Å². The summed E-state index contributed by atoms with van der Waals surface area (Å²) in [5, 5.41) is 11.5. The zero-order valence-corrected chi connectivity index (χ0v) is 17.9. The molecular weight excluding hydrogens is 465 g/mol. The Morgan fingerprint density at radius 2 is 1.81 bits per heavy atom. The van der Waals surface area contributed by atoms with Crippen molar-refractivity contribution >= 4 is 44.6 Å². The van der Waals surface area contributed by atoms with Gasteiger partial charge in [-0.25, -0.2) is 19.3 Å². The molecule has 0 aromatic heterocycles. The molecule has 5 N–H and O–H groups in total. The number of alkyl halides is 3. The summed E-state index contributed by atoms with van der Waals surface area (Å²) in [5.41, 5.74) is 1.18. The lowest BCUT2D eigenvalue weighted by Crippen LogP contribution is -2.18. The van der Waals surface area contributed by atoms with Gasteiger partial charge in [0, 0.05) is 10.8 Å². The van der Waals surface area contributed by atoms with Gasteiger partial charge in [-0.3, -0.25) is 4.72 Å². The van der Waals surface area contributed by atoms with Gasteiger partial charge in [0.05, 0.1) is 26.1 Å². The van der Waals surface area contributed by atoms with Gasteiger partial charge in [0.2, 0.25) is 0 Å². The van der Waals surface area contributed by atoms with Gasteiger partial charge in [-0.1, -0.05) is 48.7 Å². The summed E-state index contributed by atoms with van der Waals surface area (Å²) in [6, 6.07) is 11.2. The molecular formula is C20H17F3N4O3S2. The SMILES string of the molecule is C=C(N=CNN)Sc1cc(NS(=O)(=O)c2cccc(C(F)(F)F)c2)c2ccccc2c1O. The Morgan fingerprint density at radius 1 is 1.12 bits per heavy atom. The summed E-state index contributed by atoms with van der Waals surface area (Å²) in [6.45, 7) is 3.71. The summed E-state index contributed by atoms with van der Waals surface area (Å²) >= 11 is 0.945. The van der Waals surface area contributed by atoms with Gasteiger partial charge < -0.3 is 10.5 Å². The molecule has 0 bridgehead atoms. The predicted molar refractivity (Wildman–Crippen MR) is 119 cm³/mol. The number of thioether (sulfide) groups is 1. The number of hydrogen-bond donors (Lipinski definition) is 4. The number of hydrogen-bond acceptors (Lipinski definition) is 6. The van der Waals surface area contributed by atoms with E-state index in [1.54, 1.807) is 24.3 Å². The van der Waals surface area contributed by atoms with Crippen molar-refractivity contribution < 1.29 is 26.7 Å². The maximum Gasteiger partial charge on any atom is 0.416 e. The van der Waals surface area contributed by atoms with Crippen molar-refractivity contribution in [2.75, 3.05) is 4.72 Å². The molecule has 0 aliphatic rings. The van der Waals surface area contributed by atoms with Crippen LogP contribution in [-0.2, 0) is 16.2 Å². The molecule has 0 heterocycles. The normalized spacial score (nSPS) is 12.2. The number of anilines is 1. The van der Waals surface area contributed by atoms with E-state index < -0.39 is 26.7 Å². The number of phenols is 1. The Balaban J connectivity index is 2.07. The van der Waals surface area contributed by atoms with E-state index in [0.29, 0.717) is 16.8 Å². The van der Waals surface area contributed by atoms with Gasteiger partial charge in [-0.2, -0.15) is 13.2 Å². The van der Waals surface area contributed by atoms with Gasteiger partial charge >= 0.3 is 6.18 Å². The fourth-order valence-corrected chi connectivity index (χ4v) is 4.66. The van der Waals surface area contributed by atoms with Crippen LogP contribution in [0.1, 0.15) is 5.56 Å². The predicted octanol–water partition coefficient (Wildman–Crippen LogP) is 4.42. The first-order valence-corrected chi connectivity index (χ1v) is 11.1. The molecule has 0 saturated heterocycles. The number of benzene rings is 3. The molecule has 0 saturated carbocycles. The molecule has 0 aliphatic carbocycles. The van der Waals surface area contributed by atoms with Crippen LogP contribution in [-0.4, -0.2) is 19.9 Å². The first-order chi connectivity index (χ1) is 15.0. The van der Waals surface area contributed by atoms with Crippen LogP contribution in [0.15, 0.2) is 81.0 Å². The van der Waals surface area contributed by atoms with Crippen molar-refractivity contribution in [1.82, 2.24) is 5.43 Å². The Hall–Kier alpha value is -3.22.